The molecule has 0 atom stereocenters. The highest BCUT2D eigenvalue weighted by Crippen LogP contribution is 2.18. The molecular weight excluding hydrogens is 274 g/mol. The van der Waals surface area contributed by atoms with E-state index in [-0.39, 0.29) is 6.09 Å². The minimum absolute atomic E-state index is 0.333. The van der Waals surface area contributed by atoms with Crippen LogP contribution in [-0.2, 0) is 4.74 Å². The molecule has 0 fully saturated rings. The van der Waals surface area contributed by atoms with Crippen molar-refractivity contribution in [3.05, 3.63) is 30.6 Å². The molecule has 0 aliphatic heterocycles. The van der Waals surface area contributed by atoms with Gasteiger partial charge in [0.1, 0.15) is 12.3 Å². The summed E-state index contributed by atoms with van der Waals surface area (Å²) in [5, 5.41) is 3.81. The highest BCUT2D eigenvalue weighted by atomic mass is 32.2. The number of fused-ring (bicyclic) bond motifs is 1. The number of pyridine rings is 1. The van der Waals surface area contributed by atoms with Gasteiger partial charge in [-0.1, -0.05) is 19.4 Å². The number of carbonyl (C=O) groups is 1. The number of alkyl carbamates (subject to hydrolysis) is 1. The lowest BCUT2D eigenvalue weighted by atomic mass is 10.3. The lowest BCUT2D eigenvalue weighted by Crippen LogP contribution is -2.25. The number of amides is 1. The minimum atomic E-state index is -0.333. The van der Waals surface area contributed by atoms with Crippen molar-refractivity contribution in [2.24, 2.45) is 0 Å². The zero-order valence-electron chi connectivity index (χ0n) is 11.5. The van der Waals surface area contributed by atoms with Crippen molar-refractivity contribution in [1.29, 1.82) is 0 Å². The summed E-state index contributed by atoms with van der Waals surface area (Å²) in [6, 6.07) is 5.96. The smallest absolute Gasteiger partial charge is 0.407 e. The van der Waals surface area contributed by atoms with Crippen LogP contribution in [0.1, 0.15) is 19.8 Å². The normalized spacial score (nSPS) is 10.7. The summed E-state index contributed by atoms with van der Waals surface area (Å²) in [6.07, 6.45) is 5.41. The van der Waals surface area contributed by atoms with E-state index in [1.165, 1.54) is 0 Å². The van der Waals surface area contributed by atoms with Gasteiger partial charge in [-0.25, -0.2) is 9.78 Å². The van der Waals surface area contributed by atoms with Crippen molar-refractivity contribution in [3.8, 4) is 0 Å². The maximum absolute atomic E-state index is 11.3. The Balaban J connectivity index is 1.71. The first kappa shape index (κ1) is 14.7. The number of unbranched alkanes of at least 4 members (excludes halogenated alkanes) is 1. The lowest BCUT2D eigenvalue weighted by molar-refractivity contribution is 0.153. The fourth-order valence-corrected chi connectivity index (χ4v) is 2.58. The molecule has 0 spiro atoms. The molecule has 2 heterocycles. The maximum atomic E-state index is 11.3. The Morgan fingerprint density at radius 1 is 1.50 bits per heavy atom. The molecule has 2 aromatic heterocycles. The predicted molar refractivity (Wildman–Crippen MR) is 80.2 cm³/mol. The summed E-state index contributed by atoms with van der Waals surface area (Å²) in [7, 11) is 0. The molecule has 0 saturated heterocycles. The molecule has 0 unspecified atom stereocenters. The highest BCUT2D eigenvalue weighted by Gasteiger charge is 2.03. The largest absolute Gasteiger partial charge is 0.449 e. The third-order valence-electron chi connectivity index (χ3n) is 2.76. The fourth-order valence-electron chi connectivity index (χ4n) is 1.74. The van der Waals surface area contributed by atoms with Crippen molar-refractivity contribution in [1.82, 2.24) is 14.7 Å². The molecule has 1 amide bonds. The van der Waals surface area contributed by atoms with Crippen molar-refractivity contribution in [3.63, 3.8) is 0 Å². The molecule has 5 nitrogen and oxygen atoms in total. The second kappa shape index (κ2) is 7.79. The van der Waals surface area contributed by atoms with Crippen molar-refractivity contribution >= 4 is 23.5 Å². The number of nitrogens with one attached hydrogen (secondary N) is 1. The standard InChI is InChI=1S/C14H19N3O2S/c1-2-3-7-16-14(18)19-10-11-20-13-6-4-5-12-15-8-9-17(12)13/h4-6,8-9H,2-3,7,10-11H2,1H3,(H,16,18). The molecular formula is C14H19N3O2S. The van der Waals surface area contributed by atoms with Crippen LogP contribution in [0, 0.1) is 0 Å². The SMILES string of the molecule is CCCCNC(=O)OCCSc1cccc2nccn12. The van der Waals surface area contributed by atoms with E-state index in [0.29, 0.717) is 13.2 Å². The molecule has 0 aromatic carbocycles. The van der Waals surface area contributed by atoms with E-state index in [1.807, 2.05) is 28.8 Å². The molecule has 2 rings (SSSR count). The number of nitrogens with zero attached hydrogens (tertiary/aromatic N) is 2. The van der Waals surface area contributed by atoms with Crippen LogP contribution in [0.3, 0.4) is 0 Å². The van der Waals surface area contributed by atoms with Crippen LogP contribution in [0.5, 0.6) is 0 Å². The Bertz CT molecular complexity index is 556. The van der Waals surface area contributed by atoms with Gasteiger partial charge in [-0.05, 0) is 18.6 Å². The van der Waals surface area contributed by atoms with Gasteiger partial charge in [0.25, 0.3) is 0 Å². The number of imidazole rings is 1. The first-order chi connectivity index (χ1) is 9.81. The van der Waals surface area contributed by atoms with Gasteiger partial charge in [-0.2, -0.15) is 0 Å². The first-order valence-electron chi connectivity index (χ1n) is 6.76. The Morgan fingerprint density at radius 2 is 2.40 bits per heavy atom. The average Bonchev–Trinajstić information content (AvgIpc) is 2.93. The fraction of sp³-hybridized carbons (Fsp3) is 0.429. The summed E-state index contributed by atoms with van der Waals surface area (Å²) in [4.78, 5) is 15.6. The van der Waals surface area contributed by atoms with E-state index >= 15 is 0 Å². The van der Waals surface area contributed by atoms with Crippen LogP contribution in [0.4, 0.5) is 4.79 Å². The van der Waals surface area contributed by atoms with Crippen LogP contribution in [0.15, 0.2) is 35.6 Å². The molecule has 1 N–H and O–H groups in total. The van der Waals surface area contributed by atoms with Crippen LogP contribution in [-0.4, -0.2) is 34.4 Å². The van der Waals surface area contributed by atoms with Gasteiger partial charge in [-0.15, -0.1) is 11.8 Å². The van der Waals surface area contributed by atoms with Crippen LogP contribution in [0.25, 0.3) is 5.65 Å². The number of hydrogen-bond donors (Lipinski definition) is 1. The van der Waals surface area contributed by atoms with Gasteiger partial charge in [0, 0.05) is 24.7 Å². The molecule has 20 heavy (non-hydrogen) atoms. The molecule has 108 valence electrons. The lowest BCUT2D eigenvalue weighted by Gasteiger charge is -2.07. The minimum Gasteiger partial charge on any atom is -0.449 e. The number of thioether (sulfide) groups is 1. The molecule has 0 bridgehead atoms. The molecule has 0 radical (unpaired) electrons. The second-order valence-corrected chi connectivity index (χ2v) is 5.40. The number of hydrogen-bond acceptors (Lipinski definition) is 4. The Labute approximate surface area is 122 Å². The summed E-state index contributed by atoms with van der Waals surface area (Å²) >= 11 is 1.64. The zero-order valence-corrected chi connectivity index (χ0v) is 12.4. The maximum Gasteiger partial charge on any atom is 0.407 e. The highest BCUT2D eigenvalue weighted by molar-refractivity contribution is 7.99. The number of carbonyl (C=O) groups excluding carboxylic acids is 1. The Kier molecular flexibility index (Phi) is 5.73. The van der Waals surface area contributed by atoms with Gasteiger partial charge in [0.05, 0.1) is 5.03 Å². The molecule has 2 aromatic rings. The monoisotopic (exact) mass is 293 g/mol. The number of ether oxygens (including phenoxy) is 1. The van der Waals surface area contributed by atoms with Crippen molar-refractivity contribution < 1.29 is 9.53 Å². The summed E-state index contributed by atoms with van der Waals surface area (Å²) < 4.78 is 7.13. The third-order valence-corrected chi connectivity index (χ3v) is 3.76. The summed E-state index contributed by atoms with van der Waals surface area (Å²) in [6.45, 7) is 3.16. The van der Waals surface area contributed by atoms with E-state index in [0.717, 1.165) is 29.3 Å². The van der Waals surface area contributed by atoms with Crippen LogP contribution >= 0.6 is 11.8 Å². The van der Waals surface area contributed by atoms with Gasteiger partial charge in [-0.3, -0.25) is 4.40 Å². The van der Waals surface area contributed by atoms with Gasteiger partial charge >= 0.3 is 6.09 Å². The van der Waals surface area contributed by atoms with E-state index in [2.05, 4.69) is 17.2 Å². The predicted octanol–water partition coefficient (Wildman–Crippen LogP) is 2.95. The second-order valence-electron chi connectivity index (χ2n) is 4.28. The van der Waals surface area contributed by atoms with Gasteiger partial charge in [0.15, 0.2) is 0 Å². The van der Waals surface area contributed by atoms with Gasteiger partial charge < -0.3 is 10.1 Å². The molecule has 6 heteroatoms. The van der Waals surface area contributed by atoms with Crippen LogP contribution in [0.2, 0.25) is 0 Å². The zero-order chi connectivity index (χ0) is 14.2. The van der Waals surface area contributed by atoms with E-state index in [9.17, 15) is 4.79 Å². The summed E-state index contributed by atoms with van der Waals surface area (Å²) in [5.41, 5.74) is 0.924. The average molecular weight is 293 g/mol. The molecule has 0 aliphatic rings. The quantitative estimate of drug-likeness (QED) is 0.630. The first-order valence-corrected chi connectivity index (χ1v) is 7.75. The van der Waals surface area contributed by atoms with Crippen LogP contribution < -0.4 is 5.32 Å². The number of aromatic nitrogens is 2. The van der Waals surface area contributed by atoms with E-state index < -0.39 is 0 Å². The van der Waals surface area contributed by atoms with Crippen molar-refractivity contribution in [2.45, 2.75) is 24.8 Å². The van der Waals surface area contributed by atoms with Gasteiger partial charge in [0.2, 0.25) is 0 Å². The third kappa shape index (κ3) is 4.16. The van der Waals surface area contributed by atoms with Crippen molar-refractivity contribution in [2.75, 3.05) is 18.9 Å². The van der Waals surface area contributed by atoms with E-state index in [1.54, 1.807) is 18.0 Å². The number of rotatable bonds is 7. The molecule has 0 aliphatic carbocycles. The summed E-state index contributed by atoms with van der Waals surface area (Å²) in [5.74, 6) is 0.721. The Hall–Kier alpha value is -1.69. The van der Waals surface area contributed by atoms with E-state index in [4.69, 9.17) is 4.74 Å². The Morgan fingerprint density at radius 3 is 3.25 bits per heavy atom. The topological polar surface area (TPSA) is 55.6 Å². The molecule has 0 saturated carbocycles.